The Balaban J connectivity index is 0.000000661. The molecular formula is C22H34. The molecule has 122 valence electrons. The molecule has 0 heterocycles. The van der Waals surface area contributed by atoms with E-state index < -0.39 is 0 Å². The van der Waals surface area contributed by atoms with Crippen LogP contribution in [0, 0.1) is 6.92 Å². The molecule has 1 aliphatic rings. The summed E-state index contributed by atoms with van der Waals surface area (Å²) in [5.41, 5.74) is 7.23. The summed E-state index contributed by atoms with van der Waals surface area (Å²) in [4.78, 5) is 0. The standard InChI is InChI=1S/C16H16.3C2H6/c1-11-8-9-13-12-6-4-5-7-14(12)16(2,3)15(13)10-11;3*1-2/h4-10H,1-3H3;3*1-2H3. The molecule has 0 heteroatoms. The molecule has 0 atom stereocenters. The number of benzene rings is 2. The van der Waals surface area contributed by atoms with Crippen molar-refractivity contribution >= 4 is 0 Å². The van der Waals surface area contributed by atoms with Gasteiger partial charge < -0.3 is 0 Å². The predicted octanol–water partition coefficient (Wildman–Crippen LogP) is 7.38. The number of hydrogen-bond acceptors (Lipinski definition) is 0. The number of fused-ring (bicyclic) bond motifs is 3. The van der Waals surface area contributed by atoms with Gasteiger partial charge in [0, 0.05) is 5.41 Å². The maximum absolute atomic E-state index is 2.33. The summed E-state index contributed by atoms with van der Waals surface area (Å²) in [7, 11) is 0. The topological polar surface area (TPSA) is 0 Å². The molecule has 0 N–H and O–H groups in total. The van der Waals surface area contributed by atoms with Crippen LogP contribution in [0.3, 0.4) is 0 Å². The van der Waals surface area contributed by atoms with Gasteiger partial charge >= 0.3 is 0 Å². The molecule has 0 aliphatic heterocycles. The van der Waals surface area contributed by atoms with Crippen LogP contribution >= 0.6 is 0 Å². The largest absolute Gasteiger partial charge is 0.0683 e. The minimum atomic E-state index is 0.151. The molecule has 2 aromatic rings. The van der Waals surface area contributed by atoms with Crippen LogP contribution in [0.15, 0.2) is 42.5 Å². The lowest BCUT2D eigenvalue weighted by Gasteiger charge is -2.21. The maximum atomic E-state index is 2.33. The molecule has 0 radical (unpaired) electrons. The summed E-state index contributed by atoms with van der Waals surface area (Å²) in [6.07, 6.45) is 0. The Morgan fingerprint density at radius 1 is 0.636 bits per heavy atom. The fraction of sp³-hybridized carbons (Fsp3) is 0.455. The van der Waals surface area contributed by atoms with Crippen molar-refractivity contribution in [3.8, 4) is 11.1 Å². The first-order chi connectivity index (χ1) is 10.6. The average molecular weight is 299 g/mol. The zero-order valence-corrected chi connectivity index (χ0v) is 16.0. The molecule has 0 spiro atoms. The van der Waals surface area contributed by atoms with E-state index in [1.807, 2.05) is 41.5 Å². The highest BCUT2D eigenvalue weighted by molar-refractivity contribution is 5.80. The summed E-state index contributed by atoms with van der Waals surface area (Å²) in [6, 6.07) is 15.6. The minimum Gasteiger partial charge on any atom is -0.0683 e. The third kappa shape index (κ3) is 3.80. The highest BCUT2D eigenvalue weighted by Gasteiger charge is 2.34. The fourth-order valence-electron chi connectivity index (χ4n) is 2.82. The Morgan fingerprint density at radius 3 is 1.73 bits per heavy atom. The highest BCUT2D eigenvalue weighted by atomic mass is 14.4. The van der Waals surface area contributed by atoms with Gasteiger partial charge in [-0.1, -0.05) is 103 Å². The van der Waals surface area contributed by atoms with Gasteiger partial charge in [0.05, 0.1) is 0 Å². The molecule has 0 unspecified atom stereocenters. The smallest absolute Gasteiger partial charge is 0.0158 e. The molecule has 2 aromatic carbocycles. The number of aryl methyl sites for hydroxylation is 1. The Kier molecular flexibility index (Phi) is 8.79. The van der Waals surface area contributed by atoms with E-state index in [1.165, 1.54) is 27.8 Å². The second kappa shape index (κ2) is 9.46. The van der Waals surface area contributed by atoms with Crippen molar-refractivity contribution in [2.75, 3.05) is 0 Å². The predicted molar refractivity (Wildman–Crippen MR) is 103 cm³/mol. The van der Waals surface area contributed by atoms with Gasteiger partial charge in [-0.05, 0) is 29.2 Å². The maximum Gasteiger partial charge on any atom is 0.0158 e. The van der Waals surface area contributed by atoms with Crippen LogP contribution in [0.5, 0.6) is 0 Å². The van der Waals surface area contributed by atoms with Gasteiger partial charge in [0.15, 0.2) is 0 Å². The molecule has 22 heavy (non-hydrogen) atoms. The van der Waals surface area contributed by atoms with Crippen LogP contribution in [0.4, 0.5) is 0 Å². The van der Waals surface area contributed by atoms with Gasteiger partial charge in [-0.2, -0.15) is 0 Å². The van der Waals surface area contributed by atoms with Gasteiger partial charge in [-0.25, -0.2) is 0 Å². The highest BCUT2D eigenvalue weighted by Crippen LogP contribution is 2.48. The van der Waals surface area contributed by atoms with Crippen LogP contribution in [-0.2, 0) is 5.41 Å². The minimum absolute atomic E-state index is 0.151. The van der Waals surface area contributed by atoms with E-state index in [9.17, 15) is 0 Å². The molecule has 0 amide bonds. The quantitative estimate of drug-likeness (QED) is 0.476. The lowest BCUT2D eigenvalue weighted by atomic mass is 9.82. The van der Waals surface area contributed by atoms with E-state index in [0.29, 0.717) is 0 Å². The second-order valence-electron chi connectivity index (χ2n) is 5.22. The van der Waals surface area contributed by atoms with Crippen molar-refractivity contribution in [2.24, 2.45) is 0 Å². The van der Waals surface area contributed by atoms with E-state index in [-0.39, 0.29) is 5.41 Å². The van der Waals surface area contributed by atoms with Crippen LogP contribution in [0.25, 0.3) is 11.1 Å². The first kappa shape index (κ1) is 20.4. The summed E-state index contributed by atoms with van der Waals surface area (Å²) >= 11 is 0. The number of rotatable bonds is 0. The van der Waals surface area contributed by atoms with Crippen molar-refractivity contribution in [2.45, 2.75) is 67.7 Å². The second-order valence-corrected chi connectivity index (χ2v) is 5.22. The average Bonchev–Trinajstić information content (AvgIpc) is 2.81. The van der Waals surface area contributed by atoms with Gasteiger partial charge in [0.1, 0.15) is 0 Å². The van der Waals surface area contributed by atoms with E-state index in [1.54, 1.807) is 0 Å². The monoisotopic (exact) mass is 298 g/mol. The van der Waals surface area contributed by atoms with Gasteiger partial charge in [-0.15, -0.1) is 0 Å². The van der Waals surface area contributed by atoms with Crippen LogP contribution in [-0.4, -0.2) is 0 Å². The Hall–Kier alpha value is -1.56. The first-order valence-corrected chi connectivity index (χ1v) is 8.82. The van der Waals surface area contributed by atoms with Gasteiger partial charge in [0.25, 0.3) is 0 Å². The summed E-state index contributed by atoms with van der Waals surface area (Å²) in [5.74, 6) is 0. The van der Waals surface area contributed by atoms with E-state index in [0.717, 1.165) is 0 Å². The van der Waals surface area contributed by atoms with E-state index >= 15 is 0 Å². The fourth-order valence-corrected chi connectivity index (χ4v) is 2.82. The summed E-state index contributed by atoms with van der Waals surface area (Å²) < 4.78 is 0. The third-order valence-electron chi connectivity index (χ3n) is 3.74. The van der Waals surface area contributed by atoms with Crippen LogP contribution in [0.1, 0.15) is 72.1 Å². The van der Waals surface area contributed by atoms with Crippen molar-refractivity contribution in [1.82, 2.24) is 0 Å². The summed E-state index contributed by atoms with van der Waals surface area (Å²) in [5, 5.41) is 0. The Bertz CT molecular complexity index is 562. The number of hydrogen-bond donors (Lipinski definition) is 0. The molecule has 0 saturated carbocycles. The SMILES string of the molecule is CC.CC.CC.Cc1ccc2c(c1)C(C)(C)c1ccccc1-2. The van der Waals surface area contributed by atoms with Crippen LogP contribution in [0.2, 0.25) is 0 Å². The molecule has 1 aliphatic carbocycles. The molecule has 0 aromatic heterocycles. The molecule has 0 fully saturated rings. The summed E-state index contributed by atoms with van der Waals surface area (Å²) in [6.45, 7) is 18.8. The van der Waals surface area contributed by atoms with Crippen molar-refractivity contribution in [3.63, 3.8) is 0 Å². The zero-order chi connectivity index (χ0) is 17.3. The lowest BCUT2D eigenvalue weighted by molar-refractivity contribution is 0.660. The first-order valence-electron chi connectivity index (χ1n) is 8.82. The normalized spacial score (nSPS) is 12.2. The molecular weight excluding hydrogens is 264 g/mol. The molecule has 0 saturated heterocycles. The molecule has 0 nitrogen and oxygen atoms in total. The third-order valence-corrected chi connectivity index (χ3v) is 3.74. The molecule has 3 rings (SSSR count). The van der Waals surface area contributed by atoms with Gasteiger partial charge in [-0.3, -0.25) is 0 Å². The van der Waals surface area contributed by atoms with Crippen molar-refractivity contribution in [1.29, 1.82) is 0 Å². The van der Waals surface area contributed by atoms with Gasteiger partial charge in [0.2, 0.25) is 0 Å². The molecule has 0 bridgehead atoms. The van der Waals surface area contributed by atoms with Crippen LogP contribution < -0.4 is 0 Å². The van der Waals surface area contributed by atoms with Crippen molar-refractivity contribution < 1.29 is 0 Å². The van der Waals surface area contributed by atoms with Crippen molar-refractivity contribution in [3.05, 3.63) is 59.2 Å². The lowest BCUT2D eigenvalue weighted by Crippen LogP contribution is -2.14. The van der Waals surface area contributed by atoms with E-state index in [4.69, 9.17) is 0 Å². The Labute approximate surface area is 138 Å². The van der Waals surface area contributed by atoms with E-state index in [2.05, 4.69) is 63.2 Å². The zero-order valence-electron chi connectivity index (χ0n) is 16.0. The Morgan fingerprint density at radius 2 is 1.14 bits per heavy atom.